The van der Waals surface area contributed by atoms with E-state index in [2.05, 4.69) is 5.32 Å². The zero-order valence-electron chi connectivity index (χ0n) is 15.0. The van der Waals surface area contributed by atoms with Crippen molar-refractivity contribution in [1.82, 2.24) is 0 Å². The van der Waals surface area contributed by atoms with Crippen molar-refractivity contribution < 1.29 is 23.8 Å². The lowest BCUT2D eigenvalue weighted by atomic mass is 10.2. The Morgan fingerprint density at radius 1 is 1.04 bits per heavy atom. The summed E-state index contributed by atoms with van der Waals surface area (Å²) < 4.78 is 16.1. The lowest BCUT2D eigenvalue weighted by Crippen LogP contribution is -2.31. The Balaban J connectivity index is 1.39. The summed E-state index contributed by atoms with van der Waals surface area (Å²) in [6.45, 7) is 2.90. The zero-order valence-corrected chi connectivity index (χ0v) is 15.8. The molecular weight excluding hydrogens is 366 g/mol. The average molecular weight is 387 g/mol. The van der Waals surface area contributed by atoms with Gasteiger partial charge in [-0.05, 0) is 43.3 Å². The molecule has 1 heterocycles. The van der Waals surface area contributed by atoms with Gasteiger partial charge in [0, 0.05) is 4.90 Å². The number of hydrogen-bond donors (Lipinski definition) is 1. The fraction of sp³-hybridized carbons (Fsp3) is 0.300. The second-order valence-corrected chi connectivity index (χ2v) is 7.01. The summed E-state index contributed by atoms with van der Waals surface area (Å²) in [5.74, 6) is 0.855. The number of benzene rings is 2. The highest BCUT2D eigenvalue weighted by molar-refractivity contribution is 8.01. The van der Waals surface area contributed by atoms with Gasteiger partial charge < -0.3 is 19.5 Å². The van der Waals surface area contributed by atoms with Gasteiger partial charge in [0.25, 0.3) is 0 Å². The van der Waals surface area contributed by atoms with Gasteiger partial charge in [0.05, 0.1) is 24.0 Å². The Morgan fingerprint density at radius 2 is 1.74 bits per heavy atom. The minimum absolute atomic E-state index is 0.0217. The highest BCUT2D eigenvalue weighted by atomic mass is 32.2. The molecule has 1 amide bonds. The zero-order chi connectivity index (χ0) is 19.1. The summed E-state index contributed by atoms with van der Waals surface area (Å²) in [4.78, 5) is 25.1. The van der Waals surface area contributed by atoms with Crippen molar-refractivity contribution in [3.05, 3.63) is 48.5 Å². The second-order valence-electron chi connectivity index (χ2n) is 5.77. The van der Waals surface area contributed by atoms with E-state index in [1.54, 1.807) is 12.1 Å². The first-order valence-corrected chi connectivity index (χ1v) is 9.61. The van der Waals surface area contributed by atoms with Crippen LogP contribution >= 0.6 is 11.8 Å². The number of fused-ring (bicyclic) bond motifs is 1. The fourth-order valence-electron chi connectivity index (χ4n) is 2.55. The van der Waals surface area contributed by atoms with Gasteiger partial charge in [0.2, 0.25) is 5.91 Å². The summed E-state index contributed by atoms with van der Waals surface area (Å²) in [6, 6.07) is 14.8. The monoisotopic (exact) mass is 387 g/mol. The molecule has 0 saturated carbocycles. The normalized spacial score (nSPS) is 15.4. The second kappa shape index (κ2) is 9.32. The molecule has 0 radical (unpaired) electrons. The predicted octanol–water partition coefficient (Wildman–Crippen LogP) is 3.51. The van der Waals surface area contributed by atoms with Crippen molar-refractivity contribution in [2.45, 2.75) is 23.5 Å². The van der Waals surface area contributed by atoms with Crippen molar-refractivity contribution in [3.63, 3.8) is 0 Å². The minimum atomic E-state index is -0.487. The van der Waals surface area contributed by atoms with Crippen LogP contribution in [-0.4, -0.2) is 36.9 Å². The number of anilines is 1. The van der Waals surface area contributed by atoms with Gasteiger partial charge in [-0.1, -0.05) is 12.1 Å². The van der Waals surface area contributed by atoms with Gasteiger partial charge in [0.15, 0.2) is 0 Å². The van der Waals surface area contributed by atoms with E-state index < -0.39 is 11.2 Å². The number of carbonyl (C=O) groups is 2. The number of thioether (sulfide) groups is 1. The van der Waals surface area contributed by atoms with Crippen LogP contribution in [-0.2, 0) is 14.3 Å². The molecule has 0 aromatic heterocycles. The largest absolute Gasteiger partial charge is 0.494 e. The molecule has 1 atom stereocenters. The summed E-state index contributed by atoms with van der Waals surface area (Å²) >= 11 is 1.38. The van der Waals surface area contributed by atoms with E-state index in [0.29, 0.717) is 12.4 Å². The van der Waals surface area contributed by atoms with Gasteiger partial charge in [-0.2, -0.15) is 0 Å². The minimum Gasteiger partial charge on any atom is -0.494 e. The third kappa shape index (κ3) is 5.40. The molecule has 142 valence electrons. The van der Waals surface area contributed by atoms with Crippen molar-refractivity contribution in [2.75, 3.05) is 25.1 Å². The van der Waals surface area contributed by atoms with Crippen LogP contribution in [0, 0.1) is 0 Å². The Bertz CT molecular complexity index is 793. The molecule has 2 aromatic rings. The number of esters is 1. The number of para-hydroxylation sites is 1. The van der Waals surface area contributed by atoms with Gasteiger partial charge in [-0.3, -0.25) is 9.59 Å². The van der Waals surface area contributed by atoms with Crippen LogP contribution in [0.25, 0.3) is 0 Å². The molecule has 3 rings (SSSR count). The van der Waals surface area contributed by atoms with Crippen LogP contribution < -0.4 is 14.8 Å². The first kappa shape index (κ1) is 19.1. The molecule has 0 spiro atoms. The number of amides is 1. The first-order valence-electron chi connectivity index (χ1n) is 8.73. The number of rotatable bonds is 8. The molecule has 6 nitrogen and oxygen atoms in total. The molecule has 1 aliphatic heterocycles. The Morgan fingerprint density at radius 3 is 2.48 bits per heavy atom. The molecule has 0 bridgehead atoms. The molecule has 1 aliphatic rings. The van der Waals surface area contributed by atoms with Crippen LogP contribution in [0.4, 0.5) is 5.69 Å². The molecule has 2 aromatic carbocycles. The van der Waals surface area contributed by atoms with Crippen molar-refractivity contribution in [3.8, 4) is 11.5 Å². The molecule has 0 aliphatic carbocycles. The maximum absolute atomic E-state index is 12.1. The number of ether oxygens (including phenoxy) is 3. The lowest BCUT2D eigenvalue weighted by molar-refractivity contribution is -0.145. The fourth-order valence-corrected chi connectivity index (χ4v) is 3.65. The maximum atomic E-state index is 12.1. The first-order chi connectivity index (χ1) is 13.2. The van der Waals surface area contributed by atoms with E-state index in [1.165, 1.54) is 11.8 Å². The Hall–Kier alpha value is -2.67. The van der Waals surface area contributed by atoms with E-state index in [4.69, 9.17) is 14.2 Å². The van der Waals surface area contributed by atoms with E-state index >= 15 is 0 Å². The summed E-state index contributed by atoms with van der Waals surface area (Å²) in [5.41, 5.74) is 0.779. The summed E-state index contributed by atoms with van der Waals surface area (Å²) in [6.07, 6.45) is 0.0217. The number of carbonyl (C=O) groups excluding carboxylic acids is 2. The lowest BCUT2D eigenvalue weighted by Gasteiger charge is -2.23. The third-order valence-electron chi connectivity index (χ3n) is 3.81. The quantitative estimate of drug-likeness (QED) is 0.552. The van der Waals surface area contributed by atoms with Gasteiger partial charge in [-0.25, -0.2) is 0 Å². The number of hydrogen-bond acceptors (Lipinski definition) is 6. The third-order valence-corrected chi connectivity index (χ3v) is 5.08. The van der Waals surface area contributed by atoms with Crippen molar-refractivity contribution in [1.29, 1.82) is 0 Å². The van der Waals surface area contributed by atoms with Crippen LogP contribution in [0.5, 0.6) is 11.5 Å². The molecule has 1 N–H and O–H groups in total. The SMILES string of the molecule is CCOc1ccc(OCCOC(=O)C[C@H]2Sc3ccccc3NC2=O)cc1. The predicted molar refractivity (Wildman–Crippen MR) is 103 cm³/mol. The smallest absolute Gasteiger partial charge is 0.307 e. The van der Waals surface area contributed by atoms with Crippen molar-refractivity contribution >= 4 is 29.3 Å². The highest BCUT2D eigenvalue weighted by Crippen LogP contribution is 2.36. The van der Waals surface area contributed by atoms with Crippen LogP contribution in [0.1, 0.15) is 13.3 Å². The van der Waals surface area contributed by atoms with Crippen LogP contribution in [0.2, 0.25) is 0 Å². The van der Waals surface area contributed by atoms with E-state index in [-0.39, 0.29) is 25.5 Å². The summed E-state index contributed by atoms with van der Waals surface area (Å²) in [7, 11) is 0. The van der Waals surface area contributed by atoms with E-state index in [1.807, 2.05) is 43.3 Å². The number of nitrogens with one attached hydrogen (secondary N) is 1. The molecule has 0 saturated heterocycles. The van der Waals surface area contributed by atoms with Gasteiger partial charge >= 0.3 is 5.97 Å². The maximum Gasteiger partial charge on any atom is 0.307 e. The summed E-state index contributed by atoms with van der Waals surface area (Å²) in [5, 5.41) is 2.33. The topological polar surface area (TPSA) is 73.9 Å². The molecule has 7 heteroatoms. The standard InChI is InChI=1S/C20H21NO5S/c1-2-24-14-7-9-15(10-8-14)25-11-12-26-19(22)13-18-20(23)21-16-5-3-4-6-17(16)27-18/h3-10,18H,2,11-13H2,1H3,(H,21,23)/t18-/m1/s1. The molecular formula is C20H21NO5S. The van der Waals surface area contributed by atoms with E-state index in [9.17, 15) is 9.59 Å². The Kier molecular flexibility index (Phi) is 6.59. The molecule has 0 fully saturated rings. The van der Waals surface area contributed by atoms with Gasteiger partial charge in [-0.15, -0.1) is 11.8 Å². The van der Waals surface area contributed by atoms with Crippen LogP contribution in [0.3, 0.4) is 0 Å². The van der Waals surface area contributed by atoms with Crippen molar-refractivity contribution in [2.24, 2.45) is 0 Å². The average Bonchev–Trinajstić information content (AvgIpc) is 2.67. The Labute approximate surface area is 162 Å². The van der Waals surface area contributed by atoms with Crippen LogP contribution in [0.15, 0.2) is 53.4 Å². The molecule has 0 unspecified atom stereocenters. The van der Waals surface area contributed by atoms with Gasteiger partial charge in [0.1, 0.15) is 24.7 Å². The van der Waals surface area contributed by atoms with E-state index in [0.717, 1.165) is 16.3 Å². The highest BCUT2D eigenvalue weighted by Gasteiger charge is 2.29. The molecule has 27 heavy (non-hydrogen) atoms.